The molecule has 0 fully saturated rings. The first-order valence-electron chi connectivity index (χ1n) is 10.2. The van der Waals surface area contributed by atoms with Gasteiger partial charge in [0.15, 0.2) is 0 Å². The summed E-state index contributed by atoms with van der Waals surface area (Å²) in [6, 6.07) is 7.12. The second kappa shape index (κ2) is 14.6. The summed E-state index contributed by atoms with van der Waals surface area (Å²) in [5, 5.41) is 23.4. The summed E-state index contributed by atoms with van der Waals surface area (Å²) in [7, 11) is 1.19. The van der Waals surface area contributed by atoms with Crippen LogP contribution in [0.5, 0.6) is 0 Å². The fourth-order valence-corrected chi connectivity index (χ4v) is 2.71. The van der Waals surface area contributed by atoms with Gasteiger partial charge in [0.2, 0.25) is 11.9 Å². The van der Waals surface area contributed by atoms with Crippen molar-refractivity contribution in [2.45, 2.75) is 45.4 Å². The van der Waals surface area contributed by atoms with E-state index in [0.29, 0.717) is 6.42 Å². The summed E-state index contributed by atoms with van der Waals surface area (Å²) >= 11 is 0. The van der Waals surface area contributed by atoms with Crippen molar-refractivity contribution in [3.05, 3.63) is 41.1 Å². The summed E-state index contributed by atoms with van der Waals surface area (Å²) in [6.07, 6.45) is -0.319. The number of methoxy groups -OCH3 is 1. The second-order valence-electron chi connectivity index (χ2n) is 7.31. The van der Waals surface area contributed by atoms with Crippen LogP contribution >= 0.6 is 0 Å². The molecule has 184 valence electrons. The summed E-state index contributed by atoms with van der Waals surface area (Å²) in [5.41, 5.74) is 7.97. The van der Waals surface area contributed by atoms with E-state index in [1.165, 1.54) is 7.11 Å². The number of nitrogens with zero attached hydrogens (tertiary/aromatic N) is 2. The largest absolute Gasteiger partial charge is 0.744 e. The molecule has 13 nitrogen and oxygen atoms in total. The Morgan fingerprint density at radius 2 is 1.88 bits per heavy atom. The molecule has 1 rings (SSSR count). The topological polar surface area (TPSA) is 191 Å². The number of carbonyl (C=O) groups is 3. The van der Waals surface area contributed by atoms with Crippen LogP contribution in [0.1, 0.15) is 32.3 Å². The third-order valence-corrected chi connectivity index (χ3v) is 4.38. The van der Waals surface area contributed by atoms with Gasteiger partial charge in [0.1, 0.15) is 18.7 Å². The molecular weight excluding hydrogens is 436 g/mol. The number of nitrogens with two attached hydrogens (primary N) is 1. The molecule has 0 aliphatic heterocycles. The number of esters is 1. The lowest BCUT2D eigenvalue weighted by Crippen LogP contribution is -2.54. The number of ether oxygens (including phenoxy) is 2. The van der Waals surface area contributed by atoms with E-state index in [0.717, 1.165) is 5.56 Å². The third kappa shape index (κ3) is 11.1. The Morgan fingerprint density at radius 3 is 2.45 bits per heavy atom. The van der Waals surface area contributed by atoms with Crippen molar-refractivity contribution in [2.75, 3.05) is 13.7 Å². The van der Waals surface area contributed by atoms with Crippen molar-refractivity contribution in [2.24, 2.45) is 16.6 Å². The zero-order valence-corrected chi connectivity index (χ0v) is 18.8. The minimum Gasteiger partial charge on any atom is -0.744 e. The lowest BCUT2D eigenvalue weighted by Gasteiger charge is -2.24. The molecule has 0 bridgehead atoms. The summed E-state index contributed by atoms with van der Waals surface area (Å²) in [4.78, 5) is 40.8. The van der Waals surface area contributed by atoms with Crippen molar-refractivity contribution in [1.29, 1.82) is 0 Å². The first-order chi connectivity index (χ1) is 15.6. The van der Waals surface area contributed by atoms with Gasteiger partial charge >= 0.3 is 12.1 Å². The molecule has 13 heteroatoms. The van der Waals surface area contributed by atoms with Crippen LogP contribution in [-0.2, 0) is 25.7 Å². The predicted molar refractivity (Wildman–Crippen MR) is 118 cm³/mol. The molecule has 2 atom stereocenters. The number of carbonyl (C=O) groups excluding carboxylic acids is 3. The highest BCUT2D eigenvalue weighted by molar-refractivity contribution is 5.89. The number of amides is 2. The van der Waals surface area contributed by atoms with Crippen LogP contribution < -0.4 is 21.8 Å². The van der Waals surface area contributed by atoms with E-state index < -0.39 is 35.4 Å². The van der Waals surface area contributed by atoms with Gasteiger partial charge < -0.3 is 36.3 Å². The number of nitrogens with one attached hydrogen (secondary N) is 3. The van der Waals surface area contributed by atoms with Crippen LogP contribution in [0.2, 0.25) is 0 Å². The first kappa shape index (κ1) is 27.6. The van der Waals surface area contributed by atoms with Gasteiger partial charge in [0.05, 0.1) is 7.11 Å². The van der Waals surface area contributed by atoms with Crippen molar-refractivity contribution in [1.82, 2.24) is 21.4 Å². The number of hydrogen-bond donors (Lipinski definition) is 5. The van der Waals surface area contributed by atoms with Gasteiger partial charge in [-0.05, 0) is 24.3 Å². The van der Waals surface area contributed by atoms with Gasteiger partial charge in [-0.15, -0.1) is 0 Å². The molecule has 0 aromatic heterocycles. The number of rotatable bonds is 12. The SMILES string of the molecule is COC(=O)[C@H](CCCN=C(N)NN([O-])O)NC(=O)[C@H](NC(=O)OCc1ccccc1)C(C)C. The highest BCUT2D eigenvalue weighted by atomic mass is 16.8. The molecule has 0 heterocycles. The monoisotopic (exact) mass is 467 g/mol. The Kier molecular flexibility index (Phi) is 12.2. The van der Waals surface area contributed by atoms with Gasteiger partial charge in [-0.3, -0.25) is 15.2 Å². The zero-order valence-electron chi connectivity index (χ0n) is 18.8. The lowest BCUT2D eigenvalue weighted by atomic mass is 10.0. The molecule has 1 aromatic carbocycles. The standard InChI is InChI=1S/C20H31N6O7/c1-13(2)16(24-20(29)33-12-14-8-5-4-6-9-14)17(27)23-15(18(28)32-3)10-7-11-22-19(21)25-26(30)31/h4-6,8-9,13,15-16,30H,7,10-12H2,1-3H3,(H,23,27)(H,24,29)(H3,21,22,25)/q-1/t15-,16+/m0/s1. The fraction of sp³-hybridized carbons (Fsp3) is 0.500. The molecule has 0 saturated heterocycles. The Labute approximate surface area is 191 Å². The van der Waals surface area contributed by atoms with Crippen LogP contribution in [-0.4, -0.2) is 60.2 Å². The highest BCUT2D eigenvalue weighted by Crippen LogP contribution is 2.07. The summed E-state index contributed by atoms with van der Waals surface area (Å²) < 4.78 is 9.90. The average Bonchev–Trinajstić information content (AvgIpc) is 2.77. The zero-order chi connectivity index (χ0) is 24.8. The molecule has 2 amide bonds. The van der Waals surface area contributed by atoms with Crippen molar-refractivity contribution < 1.29 is 29.1 Å². The molecule has 0 spiro atoms. The molecule has 33 heavy (non-hydrogen) atoms. The third-order valence-electron chi connectivity index (χ3n) is 4.38. The number of hydrazine groups is 1. The van der Waals surface area contributed by atoms with E-state index in [9.17, 15) is 19.6 Å². The Morgan fingerprint density at radius 1 is 1.21 bits per heavy atom. The van der Waals surface area contributed by atoms with Gasteiger partial charge in [-0.2, -0.15) is 5.34 Å². The molecule has 0 saturated carbocycles. The Hall–Kier alpha value is -3.42. The molecule has 0 aliphatic rings. The van der Waals surface area contributed by atoms with E-state index in [4.69, 9.17) is 20.4 Å². The molecule has 0 aliphatic carbocycles. The molecule has 0 radical (unpaired) electrons. The quantitative estimate of drug-likeness (QED) is 0.0944. The van der Waals surface area contributed by atoms with E-state index >= 15 is 0 Å². The van der Waals surface area contributed by atoms with Gasteiger partial charge in [0, 0.05) is 6.54 Å². The normalized spacial score (nSPS) is 13.2. The number of hydrogen-bond acceptors (Lipinski definition) is 9. The number of benzene rings is 1. The number of guanidine groups is 1. The molecule has 1 aromatic rings. The van der Waals surface area contributed by atoms with Crippen LogP contribution in [0.15, 0.2) is 35.3 Å². The van der Waals surface area contributed by atoms with Gasteiger partial charge in [0.25, 0.3) is 0 Å². The van der Waals surface area contributed by atoms with Crippen LogP contribution in [0.4, 0.5) is 4.79 Å². The van der Waals surface area contributed by atoms with Crippen molar-refractivity contribution >= 4 is 23.9 Å². The maximum Gasteiger partial charge on any atom is 0.408 e. The van der Waals surface area contributed by atoms with Crippen molar-refractivity contribution in [3.63, 3.8) is 0 Å². The maximum atomic E-state index is 12.8. The fourth-order valence-electron chi connectivity index (χ4n) is 2.71. The van der Waals surface area contributed by atoms with Crippen LogP contribution in [0.3, 0.4) is 0 Å². The predicted octanol–water partition coefficient (Wildman–Crippen LogP) is 0.384. The van der Waals surface area contributed by atoms with E-state index in [1.54, 1.807) is 26.0 Å². The van der Waals surface area contributed by atoms with Gasteiger partial charge in [-0.1, -0.05) is 44.2 Å². The van der Waals surface area contributed by atoms with Crippen LogP contribution in [0, 0.1) is 11.1 Å². The Bertz CT molecular complexity index is 788. The number of aliphatic imine (C=N–C) groups is 1. The highest BCUT2D eigenvalue weighted by Gasteiger charge is 2.29. The molecule has 0 unspecified atom stereocenters. The second-order valence-corrected chi connectivity index (χ2v) is 7.31. The maximum absolute atomic E-state index is 12.8. The van der Waals surface area contributed by atoms with Crippen molar-refractivity contribution in [3.8, 4) is 0 Å². The first-order valence-corrected chi connectivity index (χ1v) is 10.2. The van der Waals surface area contributed by atoms with E-state index in [-0.39, 0.29) is 31.4 Å². The van der Waals surface area contributed by atoms with Crippen LogP contribution in [0.25, 0.3) is 0 Å². The lowest BCUT2D eigenvalue weighted by molar-refractivity contribution is -0.145. The summed E-state index contributed by atoms with van der Waals surface area (Å²) in [5.74, 6) is -1.86. The van der Waals surface area contributed by atoms with E-state index in [1.807, 2.05) is 23.6 Å². The molecule has 6 N–H and O–H groups in total. The molecular formula is C20H31N6O7-. The summed E-state index contributed by atoms with van der Waals surface area (Å²) in [6.45, 7) is 3.62. The minimum absolute atomic E-state index is 0.0444. The minimum atomic E-state index is -0.996. The van der Waals surface area contributed by atoms with Gasteiger partial charge in [-0.25, -0.2) is 9.59 Å². The number of alkyl carbamates (subject to hydrolysis) is 1. The average molecular weight is 468 g/mol. The van der Waals surface area contributed by atoms with E-state index in [2.05, 4.69) is 15.6 Å². The smallest absolute Gasteiger partial charge is 0.408 e. The Balaban J connectivity index is 2.65.